The molecule has 0 spiro atoms. The molecule has 0 saturated carbocycles. The monoisotopic (exact) mass is 231 g/mol. The third-order valence-electron chi connectivity index (χ3n) is 2.69. The van der Waals surface area contributed by atoms with Crippen molar-refractivity contribution in [3.05, 3.63) is 53.2 Å². The van der Waals surface area contributed by atoms with E-state index in [1.165, 1.54) is 0 Å². The van der Waals surface area contributed by atoms with Crippen molar-refractivity contribution >= 4 is 0 Å². The van der Waals surface area contributed by atoms with Crippen molar-refractivity contribution in [2.24, 2.45) is 5.84 Å². The van der Waals surface area contributed by atoms with Crippen LogP contribution in [0, 0.1) is 13.8 Å². The van der Waals surface area contributed by atoms with Crippen LogP contribution in [0.4, 0.5) is 0 Å². The van der Waals surface area contributed by atoms with Gasteiger partial charge in [0.2, 0.25) is 0 Å². The Hall–Kier alpha value is -1.65. The van der Waals surface area contributed by atoms with Gasteiger partial charge in [0.1, 0.15) is 5.76 Å². The quantitative estimate of drug-likeness (QED) is 0.624. The second-order valence-electron chi connectivity index (χ2n) is 4.19. The summed E-state index contributed by atoms with van der Waals surface area (Å²) in [7, 11) is 0. The van der Waals surface area contributed by atoms with Crippen LogP contribution in [0.15, 0.2) is 34.9 Å². The van der Waals surface area contributed by atoms with Crippen LogP contribution in [-0.2, 0) is 6.42 Å². The molecule has 0 bridgehead atoms. The van der Waals surface area contributed by atoms with Gasteiger partial charge in [0, 0.05) is 17.8 Å². The number of nitrogens with zero attached hydrogens (tertiary/aromatic N) is 1. The molecule has 17 heavy (non-hydrogen) atoms. The Balaban J connectivity index is 2.22. The van der Waals surface area contributed by atoms with Crippen LogP contribution in [0.1, 0.15) is 28.8 Å². The van der Waals surface area contributed by atoms with Gasteiger partial charge in [-0.3, -0.25) is 16.3 Å². The van der Waals surface area contributed by atoms with E-state index in [0.717, 1.165) is 29.1 Å². The highest BCUT2D eigenvalue weighted by Gasteiger charge is 2.13. The molecule has 0 aromatic carbocycles. The Bertz CT molecular complexity index is 459. The smallest absolute Gasteiger partial charge is 0.105 e. The predicted molar refractivity (Wildman–Crippen MR) is 66.2 cm³/mol. The van der Waals surface area contributed by atoms with Crippen molar-refractivity contribution < 1.29 is 4.42 Å². The minimum Gasteiger partial charge on any atom is -0.469 e. The van der Waals surface area contributed by atoms with Gasteiger partial charge in [0.25, 0.3) is 0 Å². The number of hydrazine groups is 1. The van der Waals surface area contributed by atoms with Crippen molar-refractivity contribution in [3.8, 4) is 0 Å². The summed E-state index contributed by atoms with van der Waals surface area (Å²) in [6.07, 6.45) is 2.40. The lowest BCUT2D eigenvalue weighted by molar-refractivity contribution is 0.454. The van der Waals surface area contributed by atoms with Crippen LogP contribution < -0.4 is 11.3 Å². The van der Waals surface area contributed by atoms with Gasteiger partial charge in [-0.05, 0) is 43.7 Å². The zero-order valence-corrected chi connectivity index (χ0v) is 10.1. The number of nitrogens with one attached hydrogen (secondary N) is 1. The third-order valence-corrected chi connectivity index (χ3v) is 2.69. The molecule has 2 aromatic heterocycles. The molecule has 4 heteroatoms. The van der Waals surface area contributed by atoms with Crippen molar-refractivity contribution in [1.82, 2.24) is 10.4 Å². The summed E-state index contributed by atoms with van der Waals surface area (Å²) in [6.45, 7) is 3.97. The number of furan rings is 1. The summed E-state index contributed by atoms with van der Waals surface area (Å²) in [4.78, 5) is 4.36. The SMILES string of the molecule is Cc1cc(C(Cc2ccco2)NN)cc(C)n1. The molecule has 0 fully saturated rings. The van der Waals surface area contributed by atoms with Gasteiger partial charge in [-0.2, -0.15) is 0 Å². The topological polar surface area (TPSA) is 64.1 Å². The van der Waals surface area contributed by atoms with Crippen LogP contribution in [0.2, 0.25) is 0 Å². The molecule has 3 N–H and O–H groups in total. The maximum absolute atomic E-state index is 5.61. The summed E-state index contributed by atoms with van der Waals surface area (Å²) in [5, 5.41) is 0. The molecule has 4 nitrogen and oxygen atoms in total. The molecule has 2 aromatic rings. The minimum atomic E-state index is 0.0431. The summed E-state index contributed by atoms with van der Waals surface area (Å²) in [5.41, 5.74) is 5.96. The van der Waals surface area contributed by atoms with Gasteiger partial charge in [-0.25, -0.2) is 0 Å². The first-order valence-corrected chi connectivity index (χ1v) is 5.62. The lowest BCUT2D eigenvalue weighted by atomic mass is 10.0. The van der Waals surface area contributed by atoms with Crippen LogP contribution in [0.5, 0.6) is 0 Å². The highest BCUT2D eigenvalue weighted by atomic mass is 16.3. The molecule has 0 amide bonds. The number of hydrogen-bond acceptors (Lipinski definition) is 4. The van der Waals surface area contributed by atoms with Gasteiger partial charge in [0.05, 0.1) is 12.3 Å². The molecule has 0 radical (unpaired) electrons. The van der Waals surface area contributed by atoms with E-state index in [1.54, 1.807) is 6.26 Å². The van der Waals surface area contributed by atoms with Gasteiger partial charge in [-0.15, -0.1) is 0 Å². The number of aryl methyl sites for hydroxylation is 2. The van der Waals surface area contributed by atoms with Crippen molar-refractivity contribution in [3.63, 3.8) is 0 Å². The number of pyridine rings is 1. The first kappa shape index (κ1) is 11.8. The second kappa shape index (κ2) is 5.12. The van der Waals surface area contributed by atoms with E-state index in [-0.39, 0.29) is 6.04 Å². The van der Waals surface area contributed by atoms with E-state index in [1.807, 2.05) is 38.1 Å². The molecule has 0 aliphatic carbocycles. The summed E-state index contributed by atoms with van der Waals surface area (Å²) < 4.78 is 5.34. The zero-order valence-electron chi connectivity index (χ0n) is 10.1. The van der Waals surface area contributed by atoms with E-state index >= 15 is 0 Å². The summed E-state index contributed by atoms with van der Waals surface area (Å²) in [5.74, 6) is 6.53. The van der Waals surface area contributed by atoms with Crippen LogP contribution in [0.3, 0.4) is 0 Å². The summed E-state index contributed by atoms with van der Waals surface area (Å²) >= 11 is 0. The van der Waals surface area contributed by atoms with Gasteiger partial charge in [0.15, 0.2) is 0 Å². The third kappa shape index (κ3) is 2.93. The molecule has 0 aliphatic heterocycles. The Morgan fingerprint density at radius 2 is 2.06 bits per heavy atom. The Kier molecular flexibility index (Phi) is 3.56. The van der Waals surface area contributed by atoms with Gasteiger partial charge < -0.3 is 4.42 Å². The molecule has 2 rings (SSSR count). The van der Waals surface area contributed by atoms with Crippen LogP contribution >= 0.6 is 0 Å². The van der Waals surface area contributed by atoms with E-state index in [9.17, 15) is 0 Å². The van der Waals surface area contributed by atoms with Crippen molar-refractivity contribution in [2.45, 2.75) is 26.3 Å². The standard InChI is InChI=1S/C13H17N3O/c1-9-6-11(7-10(2)15-9)13(16-14)8-12-4-3-5-17-12/h3-7,13,16H,8,14H2,1-2H3. The first-order valence-electron chi connectivity index (χ1n) is 5.62. The molecule has 1 unspecified atom stereocenters. The number of nitrogens with two attached hydrogens (primary N) is 1. The molecule has 2 heterocycles. The van der Waals surface area contributed by atoms with Crippen LogP contribution in [0.25, 0.3) is 0 Å². The Morgan fingerprint density at radius 3 is 2.59 bits per heavy atom. The highest BCUT2D eigenvalue weighted by molar-refractivity contribution is 5.24. The first-order chi connectivity index (χ1) is 8.19. The average molecular weight is 231 g/mol. The second-order valence-corrected chi connectivity index (χ2v) is 4.19. The fourth-order valence-corrected chi connectivity index (χ4v) is 1.97. The molecule has 1 atom stereocenters. The molecule has 90 valence electrons. The normalized spacial score (nSPS) is 12.6. The van der Waals surface area contributed by atoms with E-state index in [4.69, 9.17) is 10.3 Å². The number of rotatable bonds is 4. The van der Waals surface area contributed by atoms with Crippen molar-refractivity contribution in [2.75, 3.05) is 0 Å². The average Bonchev–Trinajstić information content (AvgIpc) is 2.77. The molecule has 0 aliphatic rings. The lowest BCUT2D eigenvalue weighted by Crippen LogP contribution is -2.29. The maximum atomic E-state index is 5.61. The predicted octanol–water partition coefficient (Wildman–Crippen LogP) is 2.04. The fraction of sp³-hybridized carbons (Fsp3) is 0.308. The molecular formula is C13H17N3O. The number of aromatic nitrogens is 1. The van der Waals surface area contributed by atoms with Gasteiger partial charge >= 0.3 is 0 Å². The molecular weight excluding hydrogens is 214 g/mol. The highest BCUT2D eigenvalue weighted by Crippen LogP contribution is 2.19. The maximum Gasteiger partial charge on any atom is 0.105 e. The van der Waals surface area contributed by atoms with Crippen LogP contribution in [-0.4, -0.2) is 4.98 Å². The van der Waals surface area contributed by atoms with Gasteiger partial charge in [-0.1, -0.05) is 0 Å². The van der Waals surface area contributed by atoms with E-state index in [0.29, 0.717) is 0 Å². The Morgan fingerprint density at radius 1 is 1.35 bits per heavy atom. The zero-order chi connectivity index (χ0) is 12.3. The Labute approximate surface area is 101 Å². The summed E-state index contributed by atoms with van der Waals surface area (Å²) in [6, 6.07) is 7.96. The van der Waals surface area contributed by atoms with E-state index < -0.39 is 0 Å². The lowest BCUT2D eigenvalue weighted by Gasteiger charge is -2.16. The van der Waals surface area contributed by atoms with Crippen molar-refractivity contribution in [1.29, 1.82) is 0 Å². The molecule has 0 saturated heterocycles. The largest absolute Gasteiger partial charge is 0.469 e. The minimum absolute atomic E-state index is 0.0431. The fourth-order valence-electron chi connectivity index (χ4n) is 1.97. The van der Waals surface area contributed by atoms with E-state index in [2.05, 4.69) is 10.4 Å². The number of hydrogen-bond donors (Lipinski definition) is 2.